The molecule has 0 aliphatic carbocycles. The van der Waals surface area contributed by atoms with Crippen LogP contribution in [0.3, 0.4) is 0 Å². The predicted molar refractivity (Wildman–Crippen MR) is 99.7 cm³/mol. The number of aryl methyl sites for hydroxylation is 1. The number of methoxy groups -OCH3 is 1. The molecule has 2 rings (SSSR count). The standard InChI is InChI=1S/C18H21BrFN3O/c1-24-12-14-5-2-3-7-17(14)23-18(21)22-10-4-6-13-8-9-15(19)11-16(13)20/h2-3,5,7-9,11H,4,6,10,12H2,1H3,(H3,21,22,23). The molecule has 4 nitrogen and oxygen atoms in total. The predicted octanol–water partition coefficient (Wildman–Crippen LogP) is 4.09. The summed E-state index contributed by atoms with van der Waals surface area (Å²) in [5.74, 6) is 0.141. The Morgan fingerprint density at radius 1 is 1.25 bits per heavy atom. The first-order valence-corrected chi connectivity index (χ1v) is 8.47. The lowest BCUT2D eigenvalue weighted by Crippen LogP contribution is -2.23. The van der Waals surface area contributed by atoms with E-state index in [1.165, 1.54) is 6.07 Å². The zero-order valence-corrected chi connectivity index (χ0v) is 15.1. The molecule has 3 N–H and O–H groups in total. The van der Waals surface area contributed by atoms with E-state index in [0.29, 0.717) is 31.1 Å². The molecule has 0 saturated heterocycles. The minimum atomic E-state index is -0.201. The Kier molecular flexibility index (Phi) is 7.21. The van der Waals surface area contributed by atoms with E-state index in [9.17, 15) is 4.39 Å². The molecule has 2 aromatic carbocycles. The highest BCUT2D eigenvalue weighted by atomic mass is 79.9. The lowest BCUT2D eigenvalue weighted by Gasteiger charge is -2.10. The van der Waals surface area contributed by atoms with Crippen molar-refractivity contribution < 1.29 is 9.13 Å². The Balaban J connectivity index is 1.86. The number of benzene rings is 2. The maximum Gasteiger partial charge on any atom is 0.193 e. The zero-order chi connectivity index (χ0) is 17.4. The first-order chi connectivity index (χ1) is 11.6. The smallest absolute Gasteiger partial charge is 0.193 e. The third-order valence-electron chi connectivity index (χ3n) is 3.48. The molecule has 0 amide bonds. The van der Waals surface area contributed by atoms with Crippen molar-refractivity contribution >= 4 is 27.6 Å². The van der Waals surface area contributed by atoms with Crippen LogP contribution in [0.15, 0.2) is 51.9 Å². The van der Waals surface area contributed by atoms with Gasteiger partial charge in [-0.25, -0.2) is 4.39 Å². The van der Waals surface area contributed by atoms with Crippen molar-refractivity contribution in [3.8, 4) is 0 Å². The minimum Gasteiger partial charge on any atom is -0.380 e. The minimum absolute atomic E-state index is 0.201. The molecule has 0 aromatic heterocycles. The Hall–Kier alpha value is -1.92. The summed E-state index contributed by atoms with van der Waals surface area (Å²) >= 11 is 3.25. The van der Waals surface area contributed by atoms with Crippen LogP contribution in [0.4, 0.5) is 10.1 Å². The molecule has 0 aliphatic heterocycles. The topological polar surface area (TPSA) is 59.6 Å². The molecule has 0 unspecified atom stereocenters. The molecule has 0 radical (unpaired) electrons. The van der Waals surface area contributed by atoms with Crippen LogP contribution in [0.2, 0.25) is 0 Å². The van der Waals surface area contributed by atoms with Crippen LogP contribution in [-0.2, 0) is 17.8 Å². The van der Waals surface area contributed by atoms with E-state index in [-0.39, 0.29) is 5.82 Å². The summed E-state index contributed by atoms with van der Waals surface area (Å²) in [6.45, 7) is 1.03. The quantitative estimate of drug-likeness (QED) is 0.423. The largest absolute Gasteiger partial charge is 0.380 e. The first-order valence-electron chi connectivity index (χ1n) is 7.68. The molecule has 0 bridgehead atoms. The Labute approximate surface area is 150 Å². The van der Waals surface area contributed by atoms with E-state index in [1.54, 1.807) is 13.2 Å². The molecule has 0 fully saturated rings. The van der Waals surface area contributed by atoms with Gasteiger partial charge in [0.05, 0.1) is 6.61 Å². The van der Waals surface area contributed by atoms with Gasteiger partial charge in [0.2, 0.25) is 0 Å². The van der Waals surface area contributed by atoms with Crippen molar-refractivity contribution in [2.75, 3.05) is 19.0 Å². The summed E-state index contributed by atoms with van der Waals surface area (Å²) in [7, 11) is 1.65. The molecule has 0 saturated carbocycles. The van der Waals surface area contributed by atoms with Crippen LogP contribution >= 0.6 is 15.9 Å². The fraction of sp³-hybridized carbons (Fsp3) is 0.278. The van der Waals surface area contributed by atoms with Gasteiger partial charge in [0, 0.05) is 29.4 Å². The van der Waals surface area contributed by atoms with E-state index in [4.69, 9.17) is 10.5 Å². The molecule has 6 heteroatoms. The number of para-hydroxylation sites is 1. The van der Waals surface area contributed by atoms with E-state index in [1.807, 2.05) is 30.3 Å². The van der Waals surface area contributed by atoms with Gasteiger partial charge in [-0.3, -0.25) is 4.99 Å². The second-order valence-electron chi connectivity index (χ2n) is 5.32. The molecule has 2 aromatic rings. The lowest BCUT2D eigenvalue weighted by molar-refractivity contribution is 0.185. The molecular weight excluding hydrogens is 373 g/mol. The van der Waals surface area contributed by atoms with Gasteiger partial charge < -0.3 is 15.8 Å². The molecule has 0 atom stereocenters. The van der Waals surface area contributed by atoms with Crippen LogP contribution in [0.25, 0.3) is 0 Å². The number of hydrogen-bond acceptors (Lipinski definition) is 2. The fourth-order valence-corrected chi connectivity index (χ4v) is 2.63. The summed E-state index contributed by atoms with van der Waals surface area (Å²) in [4.78, 5) is 4.29. The number of aliphatic imine (C=N–C) groups is 1. The summed E-state index contributed by atoms with van der Waals surface area (Å²) in [5, 5.41) is 3.08. The molecule has 0 spiro atoms. The second kappa shape index (κ2) is 9.39. The van der Waals surface area contributed by atoms with Crippen molar-refractivity contribution in [1.29, 1.82) is 0 Å². The molecule has 24 heavy (non-hydrogen) atoms. The Bertz CT molecular complexity index is 706. The third-order valence-corrected chi connectivity index (χ3v) is 3.97. The van der Waals surface area contributed by atoms with Crippen LogP contribution < -0.4 is 11.1 Å². The Morgan fingerprint density at radius 2 is 2.04 bits per heavy atom. The highest BCUT2D eigenvalue weighted by molar-refractivity contribution is 9.10. The highest BCUT2D eigenvalue weighted by Crippen LogP contribution is 2.17. The van der Waals surface area contributed by atoms with Crippen LogP contribution in [0.5, 0.6) is 0 Å². The number of guanidine groups is 1. The van der Waals surface area contributed by atoms with Gasteiger partial charge in [0.1, 0.15) is 5.82 Å². The van der Waals surface area contributed by atoms with Crippen LogP contribution in [0, 0.1) is 5.82 Å². The van der Waals surface area contributed by atoms with E-state index in [0.717, 1.165) is 22.1 Å². The number of hydrogen-bond donors (Lipinski definition) is 2. The van der Waals surface area contributed by atoms with E-state index >= 15 is 0 Å². The number of ether oxygens (including phenoxy) is 1. The number of anilines is 1. The number of nitrogens with zero attached hydrogens (tertiary/aromatic N) is 1. The van der Waals surface area contributed by atoms with Crippen LogP contribution in [0.1, 0.15) is 17.5 Å². The zero-order valence-electron chi connectivity index (χ0n) is 13.6. The molecule has 0 heterocycles. The van der Waals surface area contributed by atoms with Gasteiger partial charge in [0.25, 0.3) is 0 Å². The lowest BCUT2D eigenvalue weighted by atomic mass is 10.1. The summed E-state index contributed by atoms with van der Waals surface area (Å²) < 4.78 is 19.6. The average molecular weight is 394 g/mol. The van der Waals surface area contributed by atoms with Crippen molar-refractivity contribution in [3.05, 3.63) is 63.9 Å². The monoisotopic (exact) mass is 393 g/mol. The van der Waals surface area contributed by atoms with E-state index < -0.39 is 0 Å². The van der Waals surface area contributed by atoms with Crippen molar-refractivity contribution in [2.24, 2.45) is 10.7 Å². The van der Waals surface area contributed by atoms with Gasteiger partial charge in [-0.2, -0.15) is 0 Å². The molecule has 0 aliphatic rings. The number of halogens is 2. The number of rotatable bonds is 7. The maximum atomic E-state index is 13.7. The van der Waals surface area contributed by atoms with Gasteiger partial charge in [-0.05, 0) is 36.6 Å². The molecule has 128 valence electrons. The summed E-state index contributed by atoms with van der Waals surface area (Å²) in [6.07, 6.45) is 1.34. The number of nitrogens with two attached hydrogens (primary N) is 1. The van der Waals surface area contributed by atoms with Gasteiger partial charge in [0.15, 0.2) is 5.96 Å². The first kappa shape index (κ1) is 18.4. The van der Waals surface area contributed by atoms with Crippen molar-refractivity contribution in [3.63, 3.8) is 0 Å². The SMILES string of the molecule is COCc1ccccc1NC(N)=NCCCc1ccc(Br)cc1F. The van der Waals surface area contributed by atoms with Gasteiger partial charge in [-0.15, -0.1) is 0 Å². The van der Waals surface area contributed by atoms with E-state index in [2.05, 4.69) is 26.2 Å². The average Bonchev–Trinajstić information content (AvgIpc) is 2.55. The fourth-order valence-electron chi connectivity index (χ4n) is 2.29. The third kappa shape index (κ3) is 5.62. The number of nitrogens with one attached hydrogen (secondary N) is 1. The van der Waals surface area contributed by atoms with Crippen molar-refractivity contribution in [1.82, 2.24) is 0 Å². The normalized spacial score (nSPS) is 11.5. The van der Waals surface area contributed by atoms with Crippen molar-refractivity contribution in [2.45, 2.75) is 19.4 Å². The summed E-state index contributed by atoms with van der Waals surface area (Å²) in [5.41, 5.74) is 8.49. The molecular formula is C18H21BrFN3O. The van der Waals surface area contributed by atoms with Gasteiger partial charge >= 0.3 is 0 Å². The maximum absolute atomic E-state index is 13.7. The summed E-state index contributed by atoms with van der Waals surface area (Å²) in [6, 6.07) is 12.9. The van der Waals surface area contributed by atoms with Crippen LogP contribution in [-0.4, -0.2) is 19.6 Å². The highest BCUT2D eigenvalue weighted by Gasteiger charge is 2.04. The Morgan fingerprint density at radius 3 is 2.79 bits per heavy atom. The van der Waals surface area contributed by atoms with Gasteiger partial charge in [-0.1, -0.05) is 40.2 Å². The second-order valence-corrected chi connectivity index (χ2v) is 6.24.